The van der Waals surface area contributed by atoms with Crippen LogP contribution in [0.25, 0.3) is 16.9 Å². The Hall–Kier alpha value is -3.45. The molecule has 0 amide bonds. The van der Waals surface area contributed by atoms with E-state index in [-0.39, 0.29) is 30.0 Å². The molecule has 4 rings (SSSR count). The highest BCUT2D eigenvalue weighted by atomic mass is 35.5. The first kappa shape index (κ1) is 19.8. The van der Waals surface area contributed by atoms with E-state index in [1.165, 1.54) is 15.5 Å². The van der Waals surface area contributed by atoms with E-state index in [0.717, 1.165) is 10.1 Å². The smallest absolute Gasteiger partial charge is 0.317 e. The number of ketones is 1. The molecule has 0 bridgehead atoms. The quantitative estimate of drug-likeness (QED) is 0.462. The van der Waals surface area contributed by atoms with Gasteiger partial charge in [-0.2, -0.15) is 0 Å². The number of aromatic nitrogens is 4. The molecule has 2 heterocycles. The van der Waals surface area contributed by atoms with Gasteiger partial charge in [-0.3, -0.25) is 14.2 Å². The fraction of sp³-hybridized carbons (Fsp3) is 0.182. The van der Waals surface area contributed by atoms with Crippen molar-refractivity contribution in [2.45, 2.75) is 26.9 Å². The van der Waals surface area contributed by atoms with Crippen LogP contribution in [-0.4, -0.2) is 24.5 Å². The van der Waals surface area contributed by atoms with Gasteiger partial charge in [0.25, 0.3) is 5.56 Å². The van der Waals surface area contributed by atoms with E-state index < -0.39 is 11.2 Å². The highest BCUT2D eigenvalue weighted by molar-refractivity contribution is 6.30. The van der Waals surface area contributed by atoms with Crippen LogP contribution in [0.1, 0.15) is 22.8 Å². The summed E-state index contributed by atoms with van der Waals surface area (Å²) in [6, 6.07) is 13.9. The molecule has 7 nitrogen and oxygen atoms in total. The molecule has 4 aromatic rings. The molecule has 2 aromatic carbocycles. The van der Waals surface area contributed by atoms with Crippen LogP contribution in [0.3, 0.4) is 0 Å². The van der Waals surface area contributed by atoms with Crippen molar-refractivity contribution < 1.29 is 4.79 Å². The van der Waals surface area contributed by atoms with Gasteiger partial charge in [0, 0.05) is 17.1 Å². The Kier molecular flexibility index (Phi) is 5.13. The molecular formula is C22H19ClN4O3. The van der Waals surface area contributed by atoms with Gasteiger partial charge >= 0.3 is 5.69 Å². The minimum Gasteiger partial charge on any atom is -0.317 e. The fourth-order valence-electron chi connectivity index (χ4n) is 3.39. The zero-order valence-electron chi connectivity index (χ0n) is 16.5. The molecule has 0 atom stereocenters. The molecule has 2 aromatic heterocycles. The van der Waals surface area contributed by atoms with E-state index >= 15 is 0 Å². The molecule has 30 heavy (non-hydrogen) atoms. The van der Waals surface area contributed by atoms with Crippen molar-refractivity contribution in [3.05, 3.63) is 91.8 Å². The van der Waals surface area contributed by atoms with Gasteiger partial charge in [-0.05, 0) is 50.2 Å². The minimum atomic E-state index is -0.470. The Bertz CT molecular complexity index is 1360. The number of aryl methyl sites for hydroxylation is 1. The maximum Gasteiger partial charge on any atom is 0.337 e. The summed E-state index contributed by atoms with van der Waals surface area (Å²) in [5, 5.41) is 0.535. The lowest BCUT2D eigenvalue weighted by atomic mass is 10.1. The molecule has 0 unspecified atom stereocenters. The first-order chi connectivity index (χ1) is 14.4. The van der Waals surface area contributed by atoms with Crippen LogP contribution in [0.5, 0.6) is 0 Å². The third-order valence-electron chi connectivity index (χ3n) is 4.99. The van der Waals surface area contributed by atoms with Crippen LogP contribution >= 0.6 is 11.6 Å². The van der Waals surface area contributed by atoms with Gasteiger partial charge in [-0.15, -0.1) is 0 Å². The number of halogens is 1. The van der Waals surface area contributed by atoms with Gasteiger partial charge in [-0.1, -0.05) is 29.3 Å². The number of benzene rings is 2. The summed E-state index contributed by atoms with van der Waals surface area (Å²) < 4.78 is 4.04. The minimum absolute atomic E-state index is 0.0802. The molecule has 0 saturated carbocycles. The van der Waals surface area contributed by atoms with Crippen LogP contribution < -0.4 is 11.2 Å². The first-order valence-electron chi connectivity index (χ1n) is 9.47. The van der Waals surface area contributed by atoms with Crippen LogP contribution in [0, 0.1) is 6.92 Å². The zero-order chi connectivity index (χ0) is 21.4. The summed E-state index contributed by atoms with van der Waals surface area (Å²) in [4.78, 5) is 43.1. The van der Waals surface area contributed by atoms with Crippen LogP contribution in [0.4, 0.5) is 0 Å². The lowest BCUT2D eigenvalue weighted by Gasteiger charge is -2.11. The Labute approximate surface area is 176 Å². The summed E-state index contributed by atoms with van der Waals surface area (Å²) in [7, 11) is 0. The summed E-state index contributed by atoms with van der Waals surface area (Å²) in [6.07, 6.45) is 1.42. The van der Waals surface area contributed by atoms with Gasteiger partial charge in [0.2, 0.25) is 0 Å². The Morgan fingerprint density at radius 1 is 1.03 bits per heavy atom. The van der Waals surface area contributed by atoms with Gasteiger partial charge in [-0.25, -0.2) is 14.3 Å². The average Bonchev–Trinajstić information content (AvgIpc) is 3.13. The normalized spacial score (nSPS) is 11.2. The van der Waals surface area contributed by atoms with E-state index in [9.17, 15) is 14.4 Å². The van der Waals surface area contributed by atoms with Gasteiger partial charge in [0.15, 0.2) is 16.9 Å². The number of carbonyl (C=O) groups excluding carboxylic acids is 1. The SMILES string of the molecule is CCn1c(=O)c2c(ncn2CC(=O)c2ccc(Cl)cc2)n(-c2ccc(C)cc2)c1=O. The van der Waals surface area contributed by atoms with Gasteiger partial charge < -0.3 is 4.57 Å². The highest BCUT2D eigenvalue weighted by Gasteiger charge is 2.20. The van der Waals surface area contributed by atoms with Crippen LogP contribution in [0.15, 0.2) is 64.4 Å². The van der Waals surface area contributed by atoms with E-state index in [1.54, 1.807) is 43.3 Å². The molecule has 0 N–H and O–H groups in total. The standard InChI is InChI=1S/C22H19ClN4O3/c1-3-26-21(29)19-20(27(22(26)30)17-10-4-14(2)5-11-17)24-13-25(19)12-18(28)15-6-8-16(23)9-7-15/h4-11,13H,3,12H2,1-2H3. The van der Waals surface area contributed by atoms with Gasteiger partial charge in [0.05, 0.1) is 18.6 Å². The summed E-state index contributed by atoms with van der Waals surface area (Å²) in [5.74, 6) is -0.193. The van der Waals surface area contributed by atoms with Crippen LogP contribution in [0.2, 0.25) is 5.02 Å². The lowest BCUT2D eigenvalue weighted by molar-refractivity contribution is 0.0973. The van der Waals surface area contributed by atoms with E-state index in [0.29, 0.717) is 16.3 Å². The molecular weight excluding hydrogens is 404 g/mol. The molecule has 0 fully saturated rings. The number of carbonyl (C=O) groups is 1. The van der Waals surface area contributed by atoms with Gasteiger partial charge in [0.1, 0.15) is 0 Å². The fourth-order valence-corrected chi connectivity index (χ4v) is 3.51. The summed E-state index contributed by atoms with van der Waals surface area (Å²) in [5.41, 5.74) is 1.62. The first-order valence-corrected chi connectivity index (χ1v) is 9.85. The lowest BCUT2D eigenvalue weighted by Crippen LogP contribution is -2.39. The third-order valence-corrected chi connectivity index (χ3v) is 5.24. The number of rotatable bonds is 5. The van der Waals surface area contributed by atoms with Crippen molar-refractivity contribution in [2.75, 3.05) is 0 Å². The van der Waals surface area contributed by atoms with E-state index in [4.69, 9.17) is 11.6 Å². The number of imidazole rings is 1. The molecule has 8 heteroatoms. The second-order valence-corrected chi connectivity index (χ2v) is 7.41. The number of hydrogen-bond donors (Lipinski definition) is 0. The summed E-state index contributed by atoms with van der Waals surface area (Å²) in [6.45, 7) is 3.80. The molecule has 152 valence electrons. The molecule has 0 aliphatic carbocycles. The Morgan fingerprint density at radius 2 is 1.70 bits per heavy atom. The predicted molar refractivity (Wildman–Crippen MR) is 116 cm³/mol. The molecule has 0 aliphatic rings. The topological polar surface area (TPSA) is 78.9 Å². The van der Waals surface area contributed by atoms with Crippen molar-refractivity contribution in [3.63, 3.8) is 0 Å². The number of hydrogen-bond acceptors (Lipinski definition) is 4. The van der Waals surface area contributed by atoms with Crippen molar-refractivity contribution in [1.82, 2.24) is 18.7 Å². The highest BCUT2D eigenvalue weighted by Crippen LogP contribution is 2.15. The number of nitrogens with zero attached hydrogens (tertiary/aromatic N) is 4. The molecule has 0 spiro atoms. The largest absolute Gasteiger partial charge is 0.337 e. The molecule has 0 saturated heterocycles. The number of fused-ring (bicyclic) bond motifs is 1. The maximum absolute atomic E-state index is 13.0. The monoisotopic (exact) mass is 422 g/mol. The average molecular weight is 423 g/mol. The Morgan fingerprint density at radius 3 is 2.33 bits per heavy atom. The van der Waals surface area contributed by atoms with E-state index in [2.05, 4.69) is 4.98 Å². The number of Topliss-reactive ketones (excluding diaryl/α,β-unsaturated/α-hetero) is 1. The maximum atomic E-state index is 13.0. The summed E-state index contributed by atoms with van der Waals surface area (Å²) >= 11 is 5.89. The predicted octanol–water partition coefficient (Wildman–Crippen LogP) is 3.21. The third kappa shape index (κ3) is 3.37. The van der Waals surface area contributed by atoms with Crippen LogP contribution in [-0.2, 0) is 13.1 Å². The van der Waals surface area contributed by atoms with Crippen molar-refractivity contribution >= 4 is 28.5 Å². The van der Waals surface area contributed by atoms with E-state index in [1.807, 2.05) is 19.1 Å². The van der Waals surface area contributed by atoms with Crippen molar-refractivity contribution in [2.24, 2.45) is 0 Å². The molecule has 0 aliphatic heterocycles. The van der Waals surface area contributed by atoms with Crippen molar-refractivity contribution in [1.29, 1.82) is 0 Å². The zero-order valence-corrected chi connectivity index (χ0v) is 17.3. The van der Waals surface area contributed by atoms with Crippen molar-refractivity contribution in [3.8, 4) is 5.69 Å². The second-order valence-electron chi connectivity index (χ2n) is 6.98. The Balaban J connectivity index is 1.89. The second kappa shape index (κ2) is 7.76. The molecule has 0 radical (unpaired) electrons.